The molecule has 0 spiro atoms. The van der Waals surface area contributed by atoms with E-state index in [0.29, 0.717) is 19.5 Å². The van der Waals surface area contributed by atoms with Crippen molar-refractivity contribution >= 4 is 18.2 Å². The van der Waals surface area contributed by atoms with Gasteiger partial charge in [-0.2, -0.15) is 0 Å². The molecule has 1 N–H and O–H groups in total. The van der Waals surface area contributed by atoms with Crippen molar-refractivity contribution in [3.63, 3.8) is 0 Å². The third-order valence-corrected chi connectivity index (χ3v) is 7.16. The van der Waals surface area contributed by atoms with Gasteiger partial charge in [0.25, 0.3) is 0 Å². The van der Waals surface area contributed by atoms with Gasteiger partial charge >= 0.3 is 0 Å². The minimum atomic E-state index is -0.612. The Labute approximate surface area is 243 Å². The fourth-order valence-electron chi connectivity index (χ4n) is 5.20. The normalized spacial score (nSPS) is 20.3. The van der Waals surface area contributed by atoms with Crippen LogP contribution in [0.1, 0.15) is 37.8 Å². The van der Waals surface area contributed by atoms with Crippen molar-refractivity contribution in [2.75, 3.05) is 33.7 Å². The van der Waals surface area contributed by atoms with Crippen LogP contribution in [0.25, 0.3) is 0 Å². The Balaban J connectivity index is 0.000000324. The van der Waals surface area contributed by atoms with E-state index in [1.54, 1.807) is 29.1 Å². The van der Waals surface area contributed by atoms with Crippen molar-refractivity contribution in [3.8, 4) is 0 Å². The zero-order chi connectivity index (χ0) is 29.8. The number of carbonyl (C=O) groups excluding carboxylic acids is 3. The second kappa shape index (κ2) is 15.8. The molecule has 2 saturated heterocycles. The summed E-state index contributed by atoms with van der Waals surface area (Å²) in [6.45, 7) is 5.73. The number of amides is 3. The molecule has 1 aliphatic carbocycles. The molecule has 41 heavy (non-hydrogen) atoms. The summed E-state index contributed by atoms with van der Waals surface area (Å²) in [6.07, 6.45) is 8.80. The van der Waals surface area contributed by atoms with E-state index >= 15 is 0 Å². The Morgan fingerprint density at radius 1 is 1.02 bits per heavy atom. The van der Waals surface area contributed by atoms with Gasteiger partial charge in [0.1, 0.15) is 18.0 Å². The van der Waals surface area contributed by atoms with E-state index in [-0.39, 0.29) is 24.2 Å². The van der Waals surface area contributed by atoms with Crippen LogP contribution >= 0.6 is 0 Å². The Kier molecular flexibility index (Phi) is 12.2. The quantitative estimate of drug-likeness (QED) is 0.520. The van der Waals surface area contributed by atoms with Gasteiger partial charge < -0.3 is 15.1 Å². The summed E-state index contributed by atoms with van der Waals surface area (Å²) >= 11 is 0. The predicted octanol–water partition coefficient (Wildman–Crippen LogP) is 3.76. The average molecular weight is 564 g/mol. The van der Waals surface area contributed by atoms with Gasteiger partial charge in [0, 0.05) is 26.6 Å². The SMILES string of the molecule is CC.CN1CC(=O)N2C(CN(CC3=CC=CCC3)C(=O)[C@@H]2Cc2ccccc2)N1C=O.CNCc1ccc(F)cc1. The number of hydrogen-bond donors (Lipinski definition) is 1. The topological polar surface area (TPSA) is 76.2 Å². The van der Waals surface area contributed by atoms with Gasteiger partial charge in [0.15, 0.2) is 0 Å². The van der Waals surface area contributed by atoms with Gasteiger partial charge in [-0.1, -0.05) is 80.1 Å². The van der Waals surface area contributed by atoms with Crippen LogP contribution in [0.3, 0.4) is 0 Å². The lowest BCUT2D eigenvalue weighted by molar-refractivity contribution is -0.195. The maximum Gasteiger partial charge on any atom is 0.246 e. The molecule has 2 aromatic rings. The monoisotopic (exact) mass is 563 g/mol. The number of fused-ring (bicyclic) bond motifs is 1. The number of nitrogens with zero attached hydrogens (tertiary/aromatic N) is 4. The van der Waals surface area contributed by atoms with Crippen molar-refractivity contribution < 1.29 is 18.8 Å². The molecule has 0 bridgehead atoms. The number of carbonyl (C=O) groups is 3. The summed E-state index contributed by atoms with van der Waals surface area (Å²) in [5.41, 5.74) is 3.29. The van der Waals surface area contributed by atoms with E-state index in [4.69, 9.17) is 0 Å². The van der Waals surface area contributed by atoms with Crippen molar-refractivity contribution in [1.29, 1.82) is 0 Å². The number of halogens is 1. The Hall–Kier alpha value is -3.82. The van der Waals surface area contributed by atoms with Crippen LogP contribution < -0.4 is 5.32 Å². The lowest BCUT2D eigenvalue weighted by Crippen LogP contribution is -2.74. The van der Waals surface area contributed by atoms with E-state index < -0.39 is 12.2 Å². The summed E-state index contributed by atoms with van der Waals surface area (Å²) in [7, 11) is 3.59. The first-order valence-corrected chi connectivity index (χ1v) is 14.2. The maximum atomic E-state index is 13.4. The molecule has 2 aromatic carbocycles. The van der Waals surface area contributed by atoms with E-state index in [9.17, 15) is 18.8 Å². The highest BCUT2D eigenvalue weighted by Gasteiger charge is 2.48. The predicted molar refractivity (Wildman–Crippen MR) is 159 cm³/mol. The lowest BCUT2D eigenvalue weighted by atomic mass is 9.97. The smallest absolute Gasteiger partial charge is 0.246 e. The van der Waals surface area contributed by atoms with E-state index in [2.05, 4.69) is 17.5 Å². The van der Waals surface area contributed by atoms with Crippen LogP contribution in [0, 0.1) is 5.82 Å². The number of nitrogens with one attached hydrogen (secondary N) is 1. The Morgan fingerprint density at radius 3 is 2.34 bits per heavy atom. The van der Waals surface area contributed by atoms with Gasteiger partial charge in [-0.3, -0.25) is 19.4 Å². The lowest BCUT2D eigenvalue weighted by Gasteiger charge is -2.53. The Morgan fingerprint density at radius 2 is 1.73 bits per heavy atom. The molecule has 2 fully saturated rings. The highest BCUT2D eigenvalue weighted by Crippen LogP contribution is 2.28. The summed E-state index contributed by atoms with van der Waals surface area (Å²) < 4.78 is 12.3. The van der Waals surface area contributed by atoms with Gasteiger partial charge in [-0.05, 0) is 43.1 Å². The molecule has 8 nitrogen and oxygen atoms in total. The largest absolute Gasteiger partial charge is 0.333 e. The molecule has 1 unspecified atom stereocenters. The molecule has 2 atom stereocenters. The van der Waals surface area contributed by atoms with Gasteiger partial charge in [-0.15, -0.1) is 0 Å². The molecule has 220 valence electrons. The molecule has 3 amide bonds. The van der Waals surface area contributed by atoms with Crippen molar-refractivity contribution in [3.05, 3.63) is 95.3 Å². The van der Waals surface area contributed by atoms with Crippen LogP contribution in [0.5, 0.6) is 0 Å². The average Bonchev–Trinajstić information content (AvgIpc) is 2.99. The van der Waals surface area contributed by atoms with E-state index in [0.717, 1.165) is 36.9 Å². The van der Waals surface area contributed by atoms with Crippen LogP contribution in [-0.2, 0) is 27.3 Å². The highest BCUT2D eigenvalue weighted by atomic mass is 19.1. The van der Waals surface area contributed by atoms with Crippen molar-refractivity contribution in [2.45, 2.75) is 51.9 Å². The zero-order valence-electron chi connectivity index (χ0n) is 24.5. The standard InChI is InChI=1S/C22H26N4O3.C8H10FN.C2H6/c1-23-15-21(28)26-19(12-17-8-4-2-5-9-17)22(29)24(14-20(26)25(23)16-27)13-18-10-6-3-7-11-18;1-10-6-7-2-4-8(9)5-3-7;1-2/h2-6,8-10,16,19-20H,7,11-15H2,1H3;2-5,10H,6H2,1H3;1-2H3/t19-,20?;;/m0../s1. The number of allylic oxidation sites excluding steroid dienone is 3. The van der Waals surface area contributed by atoms with Crippen molar-refractivity contribution in [2.24, 2.45) is 0 Å². The van der Waals surface area contributed by atoms with Crippen LogP contribution in [0.2, 0.25) is 0 Å². The summed E-state index contributed by atoms with van der Waals surface area (Å²) in [5, 5.41) is 6.15. The van der Waals surface area contributed by atoms with Crippen LogP contribution in [-0.4, -0.2) is 84.0 Å². The Bertz CT molecular complexity index is 1200. The second-order valence-corrected chi connectivity index (χ2v) is 9.96. The third kappa shape index (κ3) is 8.34. The van der Waals surface area contributed by atoms with Gasteiger partial charge in [0.05, 0.1) is 13.1 Å². The zero-order valence-corrected chi connectivity index (χ0v) is 24.5. The molecular formula is C32H42FN5O3. The summed E-state index contributed by atoms with van der Waals surface area (Å²) in [4.78, 5) is 41.6. The van der Waals surface area contributed by atoms with Gasteiger partial charge in [-0.25, -0.2) is 9.40 Å². The molecular weight excluding hydrogens is 521 g/mol. The van der Waals surface area contributed by atoms with E-state index in [1.165, 1.54) is 22.7 Å². The number of hydrogen-bond acceptors (Lipinski definition) is 5. The first-order chi connectivity index (χ1) is 19.9. The number of likely N-dealkylation sites (N-methyl/N-ethyl adjacent to an activating group) is 1. The third-order valence-electron chi connectivity index (χ3n) is 7.16. The summed E-state index contributed by atoms with van der Waals surface area (Å²) in [6, 6.07) is 15.6. The molecule has 0 radical (unpaired) electrons. The second-order valence-electron chi connectivity index (χ2n) is 9.96. The van der Waals surface area contributed by atoms with Crippen molar-refractivity contribution in [1.82, 2.24) is 25.1 Å². The number of benzene rings is 2. The minimum Gasteiger partial charge on any atom is -0.333 e. The van der Waals surface area contributed by atoms with E-state index in [1.807, 2.05) is 62.2 Å². The van der Waals surface area contributed by atoms with Gasteiger partial charge in [0.2, 0.25) is 18.2 Å². The van der Waals surface area contributed by atoms with Crippen LogP contribution in [0.15, 0.2) is 78.4 Å². The minimum absolute atomic E-state index is 0.0516. The first kappa shape index (κ1) is 31.7. The number of hydrazine groups is 1. The first-order valence-electron chi connectivity index (χ1n) is 14.2. The van der Waals surface area contributed by atoms with Crippen LogP contribution in [0.4, 0.5) is 4.39 Å². The molecule has 2 aliphatic heterocycles. The molecule has 3 aliphatic rings. The number of piperazine rings is 1. The molecule has 0 saturated carbocycles. The molecule has 2 heterocycles. The number of rotatable bonds is 7. The molecule has 0 aromatic heterocycles. The fourth-order valence-corrected chi connectivity index (χ4v) is 5.20. The highest BCUT2D eigenvalue weighted by molar-refractivity contribution is 5.91. The molecule has 5 rings (SSSR count). The fraction of sp³-hybridized carbons (Fsp3) is 0.406. The maximum absolute atomic E-state index is 13.4. The molecule has 9 heteroatoms. The summed E-state index contributed by atoms with van der Waals surface area (Å²) in [5.74, 6) is -0.353.